The molecule has 1 N–H and O–H groups in total. The molecule has 3 unspecified atom stereocenters. The molecule has 31 heavy (non-hydrogen) atoms. The van der Waals surface area contributed by atoms with Crippen molar-refractivity contribution in [1.29, 1.82) is 0 Å². The monoisotopic (exact) mass is 592 g/mol. The van der Waals surface area contributed by atoms with E-state index in [-0.39, 0.29) is 17.6 Å². The first-order valence-corrected chi connectivity index (χ1v) is 16.1. The molecule has 3 rings (SSSR count). The van der Waals surface area contributed by atoms with Gasteiger partial charge in [-0.05, 0) is 58.9 Å². The van der Waals surface area contributed by atoms with Gasteiger partial charge in [-0.25, -0.2) is 4.79 Å². The molecule has 168 valence electrons. The number of ether oxygens (including phenoxy) is 1. The van der Waals surface area contributed by atoms with Crippen LogP contribution in [0, 0.1) is 0 Å². The highest BCUT2D eigenvalue weighted by molar-refractivity contribution is 9.11. The van der Waals surface area contributed by atoms with Crippen molar-refractivity contribution in [2.45, 2.75) is 35.2 Å². The van der Waals surface area contributed by atoms with Crippen LogP contribution in [0.5, 0.6) is 5.75 Å². The summed E-state index contributed by atoms with van der Waals surface area (Å²) in [7, 11) is -2.24. The number of β-lactam (4-membered cyclic amide) rings is 1. The van der Waals surface area contributed by atoms with Gasteiger partial charge in [0.05, 0.1) is 0 Å². The summed E-state index contributed by atoms with van der Waals surface area (Å²) >= 11 is 5.11. The molecule has 0 spiro atoms. The third-order valence-corrected chi connectivity index (χ3v) is 9.18. The van der Waals surface area contributed by atoms with Gasteiger partial charge in [0, 0.05) is 10.9 Å². The van der Waals surface area contributed by atoms with Crippen LogP contribution in [0.4, 0.5) is 0 Å². The SMILES string of the molecule is C[Si](C)(C)OC(=O)C1=C(CBr)C(Br)[S+]([O-])[C@@H]2C(NC(=O)COc3ccccc3)C(=O)N12. The van der Waals surface area contributed by atoms with E-state index < -0.39 is 52.9 Å². The van der Waals surface area contributed by atoms with Crippen LogP contribution in [0.3, 0.4) is 0 Å². The van der Waals surface area contributed by atoms with Gasteiger partial charge in [-0.3, -0.25) is 14.5 Å². The summed E-state index contributed by atoms with van der Waals surface area (Å²) in [5.41, 5.74) is 0.560. The smallest absolute Gasteiger partial charge is 0.342 e. The van der Waals surface area contributed by atoms with Gasteiger partial charge in [0.2, 0.25) is 13.7 Å². The molecule has 2 heterocycles. The number of benzene rings is 1. The minimum Gasteiger partial charge on any atom is -0.614 e. The van der Waals surface area contributed by atoms with Crippen molar-refractivity contribution < 1.29 is 28.1 Å². The van der Waals surface area contributed by atoms with Crippen molar-refractivity contribution in [3.63, 3.8) is 0 Å². The number of hydrogen-bond acceptors (Lipinski definition) is 6. The zero-order valence-corrected chi connectivity index (χ0v) is 22.1. The number of rotatable bonds is 7. The van der Waals surface area contributed by atoms with Crippen LogP contribution in [-0.4, -0.2) is 63.1 Å². The van der Waals surface area contributed by atoms with Gasteiger partial charge in [-0.2, -0.15) is 0 Å². The Morgan fingerprint density at radius 1 is 1.26 bits per heavy atom. The van der Waals surface area contributed by atoms with Crippen LogP contribution in [0.1, 0.15) is 0 Å². The molecular weight excluding hydrogens is 572 g/mol. The molecule has 1 aromatic rings. The van der Waals surface area contributed by atoms with Crippen molar-refractivity contribution in [2.24, 2.45) is 0 Å². The molecule has 12 heteroatoms. The Balaban J connectivity index is 1.76. The largest absolute Gasteiger partial charge is 0.614 e. The van der Waals surface area contributed by atoms with E-state index in [1.165, 1.54) is 4.90 Å². The van der Waals surface area contributed by atoms with Crippen molar-refractivity contribution >= 4 is 69.1 Å². The van der Waals surface area contributed by atoms with Crippen LogP contribution in [0.25, 0.3) is 0 Å². The highest BCUT2D eigenvalue weighted by Gasteiger charge is 2.63. The van der Waals surface area contributed by atoms with E-state index in [2.05, 4.69) is 37.2 Å². The van der Waals surface area contributed by atoms with Gasteiger partial charge in [0.1, 0.15) is 11.4 Å². The molecular formula is C19H22Br2N2O6SSi. The first-order valence-electron chi connectivity index (χ1n) is 9.41. The molecule has 0 saturated carbocycles. The van der Waals surface area contributed by atoms with E-state index in [4.69, 9.17) is 9.16 Å². The number of alkyl halides is 2. The topological polar surface area (TPSA) is 108 Å². The zero-order valence-electron chi connectivity index (χ0n) is 17.1. The molecule has 8 nitrogen and oxygen atoms in total. The Morgan fingerprint density at radius 3 is 2.48 bits per heavy atom. The molecule has 1 aromatic carbocycles. The summed E-state index contributed by atoms with van der Waals surface area (Å²) in [6.45, 7) is 5.28. The summed E-state index contributed by atoms with van der Waals surface area (Å²) in [6, 6.07) is 7.77. The third kappa shape index (κ3) is 5.19. The van der Waals surface area contributed by atoms with E-state index in [0.29, 0.717) is 11.3 Å². The lowest BCUT2D eigenvalue weighted by Gasteiger charge is -2.50. The highest BCUT2D eigenvalue weighted by atomic mass is 79.9. The van der Waals surface area contributed by atoms with Crippen molar-refractivity contribution in [3.8, 4) is 5.75 Å². The first-order chi connectivity index (χ1) is 14.5. The van der Waals surface area contributed by atoms with Gasteiger partial charge >= 0.3 is 5.97 Å². The van der Waals surface area contributed by atoms with Crippen LogP contribution >= 0.6 is 31.9 Å². The Bertz CT molecular complexity index is 910. The molecule has 0 aromatic heterocycles. The van der Waals surface area contributed by atoms with Crippen LogP contribution in [-0.2, 0) is 30.0 Å². The fourth-order valence-electron chi connectivity index (χ4n) is 3.16. The summed E-state index contributed by atoms with van der Waals surface area (Å²) in [5.74, 6) is -1.13. The van der Waals surface area contributed by atoms with E-state index >= 15 is 0 Å². The third-order valence-electron chi connectivity index (χ3n) is 4.47. The van der Waals surface area contributed by atoms with Crippen molar-refractivity contribution in [1.82, 2.24) is 10.2 Å². The maximum Gasteiger partial charge on any atom is 0.342 e. The summed E-state index contributed by atoms with van der Waals surface area (Å²) < 4.78 is 23.3. The van der Waals surface area contributed by atoms with E-state index in [1.54, 1.807) is 24.3 Å². The first kappa shape index (κ1) is 24.3. The zero-order chi connectivity index (χ0) is 22.9. The number of nitrogens with zero attached hydrogens (tertiary/aromatic N) is 1. The Hall–Kier alpha value is -1.34. The number of carbonyl (C=O) groups excluding carboxylic acids is 3. The van der Waals surface area contributed by atoms with E-state index in [1.807, 2.05) is 25.7 Å². The molecule has 4 atom stereocenters. The molecule has 1 saturated heterocycles. The Kier molecular flexibility index (Phi) is 7.57. The predicted molar refractivity (Wildman–Crippen MR) is 126 cm³/mol. The highest BCUT2D eigenvalue weighted by Crippen LogP contribution is 2.43. The van der Waals surface area contributed by atoms with Gasteiger partial charge in [0.25, 0.3) is 11.8 Å². The van der Waals surface area contributed by atoms with Gasteiger partial charge in [-0.1, -0.05) is 34.1 Å². The van der Waals surface area contributed by atoms with Gasteiger partial charge < -0.3 is 19.0 Å². The molecule has 0 aliphatic carbocycles. The number of amides is 2. The molecule has 2 aliphatic heterocycles. The quantitative estimate of drug-likeness (QED) is 0.225. The fraction of sp³-hybridized carbons (Fsp3) is 0.421. The molecule has 0 bridgehead atoms. The second-order valence-corrected chi connectivity index (χ2v) is 16.0. The number of nitrogens with one attached hydrogen (secondary N) is 1. The fourth-order valence-corrected chi connectivity index (χ4v) is 7.68. The minimum absolute atomic E-state index is 0.0850. The van der Waals surface area contributed by atoms with Crippen molar-refractivity contribution in [2.75, 3.05) is 11.9 Å². The summed E-state index contributed by atoms with van der Waals surface area (Å²) in [4.78, 5) is 39.3. The predicted octanol–water partition coefficient (Wildman–Crippen LogP) is 2.23. The molecule has 2 amide bonds. The lowest BCUT2D eigenvalue weighted by atomic mass is 10.0. The Labute approximate surface area is 201 Å². The average molecular weight is 594 g/mol. The Morgan fingerprint density at radius 2 is 1.90 bits per heavy atom. The van der Waals surface area contributed by atoms with Crippen molar-refractivity contribution in [3.05, 3.63) is 41.6 Å². The normalized spacial score (nSPS) is 25.5. The van der Waals surface area contributed by atoms with Gasteiger partial charge in [0.15, 0.2) is 16.8 Å². The second-order valence-electron chi connectivity index (χ2n) is 7.90. The molecule has 1 fully saturated rings. The standard InChI is InChI=1S/C19H22Br2N2O6SSi/c1-31(2,3)29-19(26)15-12(9-20)16(21)30(27)18-14(17(25)23(15)18)22-13(24)10-28-11-7-5-4-6-8-11/h4-8,14,16,18H,9-10H2,1-3H3,(H,22,24)/t14?,16?,18-,30?/m1/s1. The average Bonchev–Trinajstić information content (AvgIpc) is 2.71. The number of halogens is 2. The lowest BCUT2D eigenvalue weighted by Crippen LogP contribution is -2.75. The van der Waals surface area contributed by atoms with Crippen LogP contribution in [0.15, 0.2) is 41.6 Å². The maximum absolute atomic E-state index is 13.0. The number of para-hydroxylation sites is 1. The minimum atomic E-state index is -2.24. The maximum atomic E-state index is 13.0. The molecule has 2 aliphatic rings. The summed E-state index contributed by atoms with van der Waals surface area (Å²) in [5, 5.41) is 1.95. The number of hydrogen-bond donors (Lipinski definition) is 1. The molecule has 0 radical (unpaired) electrons. The van der Waals surface area contributed by atoms with Gasteiger partial charge in [-0.15, -0.1) is 0 Å². The van der Waals surface area contributed by atoms with Crippen LogP contribution in [0.2, 0.25) is 19.6 Å². The number of carbonyl (C=O) groups is 3. The van der Waals surface area contributed by atoms with E-state index in [0.717, 1.165) is 0 Å². The summed E-state index contributed by atoms with van der Waals surface area (Å²) in [6.07, 6.45) is 0. The lowest BCUT2D eigenvalue weighted by molar-refractivity contribution is -0.150. The van der Waals surface area contributed by atoms with Crippen LogP contribution < -0.4 is 10.1 Å². The number of fused-ring (bicyclic) bond motifs is 1. The van der Waals surface area contributed by atoms with E-state index in [9.17, 15) is 18.9 Å². The second kappa shape index (κ2) is 9.65.